The molecule has 0 aliphatic rings. The van der Waals surface area contributed by atoms with Crippen LogP contribution >= 0.6 is 15.9 Å². The number of nitrogens with one attached hydrogen (secondary N) is 1. The molecule has 2 rings (SSSR count). The van der Waals surface area contributed by atoms with E-state index < -0.39 is 0 Å². The average Bonchev–Trinajstić information content (AvgIpc) is 2.47. The lowest BCUT2D eigenvalue weighted by atomic mass is 10.1. The summed E-state index contributed by atoms with van der Waals surface area (Å²) < 4.78 is 6.22. The van der Waals surface area contributed by atoms with Gasteiger partial charge in [0.05, 0.1) is 12.7 Å². The summed E-state index contributed by atoms with van der Waals surface area (Å²) in [5, 5.41) is 2.97. The Morgan fingerprint density at radius 3 is 2.67 bits per heavy atom. The fourth-order valence-electron chi connectivity index (χ4n) is 2.31. The minimum absolute atomic E-state index is 0.169. The van der Waals surface area contributed by atoms with Crippen LogP contribution in [0.25, 0.3) is 0 Å². The van der Waals surface area contributed by atoms with Gasteiger partial charge in [-0.25, -0.2) is 0 Å². The van der Waals surface area contributed by atoms with Crippen molar-refractivity contribution in [2.75, 3.05) is 12.4 Å². The third kappa shape index (κ3) is 3.45. The monoisotopic (exact) mass is 347 g/mol. The molecule has 0 bridgehead atoms. The number of carbonyl (C=O) groups is 1. The number of para-hydroxylation sites is 1. The molecule has 0 unspecified atom stereocenters. The van der Waals surface area contributed by atoms with Gasteiger partial charge in [-0.2, -0.15) is 0 Å². The van der Waals surface area contributed by atoms with Crippen molar-refractivity contribution in [3.8, 4) is 5.75 Å². The van der Waals surface area contributed by atoms with Gasteiger partial charge in [-0.3, -0.25) is 4.79 Å². The highest BCUT2D eigenvalue weighted by Crippen LogP contribution is 2.29. The first-order chi connectivity index (χ1) is 10.1. The van der Waals surface area contributed by atoms with Crippen LogP contribution in [-0.4, -0.2) is 13.0 Å². The van der Waals surface area contributed by atoms with Gasteiger partial charge in [0, 0.05) is 10.2 Å². The third-order valence-electron chi connectivity index (χ3n) is 3.33. The molecule has 1 amide bonds. The summed E-state index contributed by atoms with van der Waals surface area (Å²) in [6.45, 7) is 3.98. The quantitative estimate of drug-likeness (QED) is 0.878. The van der Waals surface area contributed by atoms with Crippen molar-refractivity contribution in [3.63, 3.8) is 0 Å². The van der Waals surface area contributed by atoms with Crippen LogP contribution in [0.4, 0.5) is 5.69 Å². The largest absolute Gasteiger partial charge is 0.496 e. The van der Waals surface area contributed by atoms with Crippen molar-refractivity contribution in [1.82, 2.24) is 0 Å². The highest BCUT2D eigenvalue weighted by atomic mass is 79.9. The number of amides is 1. The molecular formula is C17H18BrNO2. The Bertz CT molecular complexity index is 668. The van der Waals surface area contributed by atoms with E-state index in [-0.39, 0.29) is 5.91 Å². The lowest BCUT2D eigenvalue weighted by molar-refractivity contribution is 0.102. The van der Waals surface area contributed by atoms with E-state index >= 15 is 0 Å². The van der Waals surface area contributed by atoms with Crippen LogP contribution in [0.3, 0.4) is 0 Å². The van der Waals surface area contributed by atoms with Crippen molar-refractivity contribution < 1.29 is 9.53 Å². The molecule has 0 atom stereocenters. The number of hydrogen-bond donors (Lipinski definition) is 1. The summed E-state index contributed by atoms with van der Waals surface area (Å²) in [6, 6.07) is 11.5. The average molecular weight is 348 g/mol. The molecule has 0 radical (unpaired) electrons. The molecule has 0 heterocycles. The van der Waals surface area contributed by atoms with E-state index in [9.17, 15) is 4.79 Å². The number of rotatable bonds is 4. The normalized spacial score (nSPS) is 10.3. The molecule has 4 heteroatoms. The van der Waals surface area contributed by atoms with Crippen molar-refractivity contribution in [2.24, 2.45) is 0 Å². The van der Waals surface area contributed by atoms with E-state index in [4.69, 9.17) is 4.74 Å². The van der Waals surface area contributed by atoms with Gasteiger partial charge in [0.25, 0.3) is 5.91 Å². The molecule has 2 aromatic carbocycles. The van der Waals surface area contributed by atoms with Crippen LogP contribution < -0.4 is 10.1 Å². The summed E-state index contributed by atoms with van der Waals surface area (Å²) >= 11 is 3.42. The summed E-state index contributed by atoms with van der Waals surface area (Å²) in [5.41, 5.74) is 3.39. The first kappa shape index (κ1) is 15.6. The maximum atomic E-state index is 12.6. The molecular weight excluding hydrogens is 330 g/mol. The standard InChI is InChI=1S/C17H18BrNO2/c1-4-12-7-5-6-8-15(12)19-17(20)14-10-13(18)9-11(2)16(14)21-3/h5-10H,4H2,1-3H3,(H,19,20). The van der Waals surface area contributed by atoms with Crippen LogP contribution in [0.2, 0.25) is 0 Å². The maximum absolute atomic E-state index is 12.6. The van der Waals surface area contributed by atoms with Gasteiger partial charge >= 0.3 is 0 Å². The van der Waals surface area contributed by atoms with Crippen molar-refractivity contribution >= 4 is 27.5 Å². The first-order valence-corrected chi connectivity index (χ1v) is 7.59. The Kier molecular flexibility index (Phi) is 5.02. The van der Waals surface area contributed by atoms with Crippen molar-refractivity contribution in [1.29, 1.82) is 0 Å². The number of benzene rings is 2. The summed E-state index contributed by atoms with van der Waals surface area (Å²) in [4.78, 5) is 12.6. The summed E-state index contributed by atoms with van der Waals surface area (Å²) in [6.07, 6.45) is 0.866. The van der Waals surface area contributed by atoms with E-state index in [1.165, 1.54) is 0 Å². The second-order valence-corrected chi connectivity index (χ2v) is 5.68. The molecule has 21 heavy (non-hydrogen) atoms. The van der Waals surface area contributed by atoms with Crippen molar-refractivity contribution in [2.45, 2.75) is 20.3 Å². The third-order valence-corrected chi connectivity index (χ3v) is 3.79. The van der Waals surface area contributed by atoms with Gasteiger partial charge in [0.2, 0.25) is 0 Å². The van der Waals surface area contributed by atoms with Crippen LogP contribution in [-0.2, 0) is 6.42 Å². The predicted octanol–water partition coefficient (Wildman–Crippen LogP) is 4.58. The molecule has 110 valence electrons. The predicted molar refractivity (Wildman–Crippen MR) is 89.2 cm³/mol. The molecule has 0 saturated heterocycles. The number of anilines is 1. The molecule has 0 spiro atoms. The number of carbonyl (C=O) groups excluding carboxylic acids is 1. The lowest BCUT2D eigenvalue weighted by Crippen LogP contribution is -2.15. The fraction of sp³-hybridized carbons (Fsp3) is 0.235. The Morgan fingerprint density at radius 2 is 2.00 bits per heavy atom. The number of ether oxygens (including phenoxy) is 1. The van der Waals surface area contributed by atoms with Crippen LogP contribution in [0, 0.1) is 6.92 Å². The zero-order chi connectivity index (χ0) is 15.4. The summed E-state index contributed by atoms with van der Waals surface area (Å²) in [5.74, 6) is 0.432. The van der Waals surface area contributed by atoms with Gasteiger partial charge in [0.1, 0.15) is 5.75 Å². The molecule has 0 fully saturated rings. The van der Waals surface area contributed by atoms with Gasteiger partial charge in [-0.15, -0.1) is 0 Å². The molecule has 2 aromatic rings. The Morgan fingerprint density at radius 1 is 1.29 bits per heavy atom. The minimum Gasteiger partial charge on any atom is -0.496 e. The highest BCUT2D eigenvalue weighted by Gasteiger charge is 2.16. The maximum Gasteiger partial charge on any atom is 0.259 e. The Balaban J connectivity index is 2.37. The van der Waals surface area contributed by atoms with Crippen LogP contribution in [0.1, 0.15) is 28.4 Å². The van der Waals surface area contributed by atoms with Crippen LogP contribution in [0.5, 0.6) is 5.75 Å². The highest BCUT2D eigenvalue weighted by molar-refractivity contribution is 9.10. The lowest BCUT2D eigenvalue weighted by Gasteiger charge is -2.14. The van der Waals surface area contributed by atoms with E-state index in [0.717, 1.165) is 27.7 Å². The number of halogens is 1. The van der Waals surface area contributed by atoms with Gasteiger partial charge in [-0.05, 0) is 42.7 Å². The second kappa shape index (κ2) is 6.76. The van der Waals surface area contributed by atoms with Gasteiger partial charge in [-0.1, -0.05) is 41.1 Å². The molecule has 3 nitrogen and oxygen atoms in total. The topological polar surface area (TPSA) is 38.3 Å². The van der Waals surface area contributed by atoms with E-state index in [0.29, 0.717) is 11.3 Å². The van der Waals surface area contributed by atoms with E-state index in [2.05, 4.69) is 28.2 Å². The Hall–Kier alpha value is -1.81. The first-order valence-electron chi connectivity index (χ1n) is 6.80. The fourth-order valence-corrected chi connectivity index (χ4v) is 2.88. The van der Waals surface area contributed by atoms with Gasteiger partial charge in [0.15, 0.2) is 0 Å². The zero-order valence-electron chi connectivity index (χ0n) is 12.4. The molecule has 1 N–H and O–H groups in total. The van der Waals surface area contributed by atoms with Crippen LogP contribution in [0.15, 0.2) is 40.9 Å². The minimum atomic E-state index is -0.169. The number of hydrogen-bond acceptors (Lipinski definition) is 2. The summed E-state index contributed by atoms with van der Waals surface area (Å²) in [7, 11) is 1.58. The van der Waals surface area contributed by atoms with E-state index in [1.807, 2.05) is 37.3 Å². The number of methoxy groups -OCH3 is 1. The smallest absolute Gasteiger partial charge is 0.259 e. The SMILES string of the molecule is CCc1ccccc1NC(=O)c1cc(Br)cc(C)c1OC. The molecule has 0 aliphatic carbocycles. The number of aryl methyl sites for hydroxylation is 2. The molecule has 0 saturated carbocycles. The molecule has 0 aromatic heterocycles. The van der Waals surface area contributed by atoms with E-state index in [1.54, 1.807) is 13.2 Å². The van der Waals surface area contributed by atoms with Crippen molar-refractivity contribution in [3.05, 3.63) is 57.6 Å². The van der Waals surface area contributed by atoms with Gasteiger partial charge < -0.3 is 10.1 Å². The second-order valence-electron chi connectivity index (χ2n) is 4.77. The Labute approximate surface area is 133 Å². The molecule has 0 aliphatic heterocycles. The zero-order valence-corrected chi connectivity index (χ0v) is 14.0.